The van der Waals surface area contributed by atoms with Gasteiger partial charge in [-0.2, -0.15) is 0 Å². The van der Waals surface area contributed by atoms with Crippen molar-refractivity contribution in [1.29, 1.82) is 0 Å². The standard InChI is InChI=1S/C24H23N3O3S/c1-16-7-11-21(12-8-16)31(29,30)27-24(28)22(14-23-17(2)25-15-26-23)20-10-9-18-5-3-4-6-19(18)13-20/h3-13,15,22H,14H2,1-2H3,(H,25,26)(H,27,28). The zero-order valence-electron chi connectivity index (χ0n) is 17.3. The first-order valence-corrected chi connectivity index (χ1v) is 11.4. The number of carbonyl (C=O) groups excluding carboxylic acids is 1. The molecule has 158 valence electrons. The van der Waals surface area contributed by atoms with Gasteiger partial charge in [-0.05, 0) is 42.3 Å². The molecule has 0 saturated heterocycles. The van der Waals surface area contributed by atoms with E-state index in [1.807, 2.05) is 56.3 Å². The Hall–Kier alpha value is -3.45. The van der Waals surface area contributed by atoms with Crippen molar-refractivity contribution in [2.45, 2.75) is 31.1 Å². The summed E-state index contributed by atoms with van der Waals surface area (Å²) in [5.41, 5.74) is 3.24. The monoisotopic (exact) mass is 433 g/mol. The summed E-state index contributed by atoms with van der Waals surface area (Å²) in [4.78, 5) is 20.6. The number of fused-ring (bicyclic) bond motifs is 1. The molecule has 0 aliphatic carbocycles. The lowest BCUT2D eigenvalue weighted by Crippen LogP contribution is -2.35. The number of carbonyl (C=O) groups is 1. The minimum atomic E-state index is -3.99. The van der Waals surface area contributed by atoms with E-state index < -0.39 is 21.8 Å². The fourth-order valence-electron chi connectivity index (χ4n) is 3.55. The Balaban J connectivity index is 1.69. The summed E-state index contributed by atoms with van der Waals surface area (Å²) in [5.74, 6) is -1.30. The van der Waals surface area contributed by atoms with Crippen molar-refractivity contribution in [3.63, 3.8) is 0 Å². The first kappa shape index (κ1) is 20.8. The van der Waals surface area contributed by atoms with E-state index >= 15 is 0 Å². The maximum Gasteiger partial charge on any atom is 0.264 e. The van der Waals surface area contributed by atoms with Gasteiger partial charge in [0.25, 0.3) is 10.0 Å². The number of hydrogen-bond donors (Lipinski definition) is 2. The molecule has 0 fully saturated rings. The molecule has 0 aliphatic heterocycles. The lowest BCUT2D eigenvalue weighted by atomic mass is 9.91. The van der Waals surface area contributed by atoms with E-state index in [4.69, 9.17) is 0 Å². The van der Waals surface area contributed by atoms with Crippen LogP contribution in [0.5, 0.6) is 0 Å². The van der Waals surface area contributed by atoms with E-state index in [9.17, 15) is 13.2 Å². The highest BCUT2D eigenvalue weighted by molar-refractivity contribution is 7.90. The summed E-state index contributed by atoms with van der Waals surface area (Å²) in [6.07, 6.45) is 1.85. The lowest BCUT2D eigenvalue weighted by molar-refractivity contribution is -0.120. The van der Waals surface area contributed by atoms with Crippen LogP contribution in [0.3, 0.4) is 0 Å². The Morgan fingerprint density at radius 2 is 1.71 bits per heavy atom. The minimum absolute atomic E-state index is 0.0552. The molecule has 1 aromatic heterocycles. The highest BCUT2D eigenvalue weighted by Crippen LogP contribution is 2.26. The van der Waals surface area contributed by atoms with Crippen molar-refractivity contribution in [3.8, 4) is 0 Å². The molecular formula is C24H23N3O3S. The summed E-state index contributed by atoms with van der Waals surface area (Å²) >= 11 is 0. The van der Waals surface area contributed by atoms with E-state index in [0.717, 1.165) is 33.3 Å². The Labute approximate surface area is 181 Å². The number of H-pyrrole nitrogens is 1. The van der Waals surface area contributed by atoms with Crippen molar-refractivity contribution in [2.75, 3.05) is 0 Å². The molecule has 7 heteroatoms. The number of aryl methyl sites for hydroxylation is 2. The van der Waals surface area contributed by atoms with E-state index in [0.29, 0.717) is 0 Å². The number of aromatic amines is 1. The Morgan fingerprint density at radius 3 is 2.39 bits per heavy atom. The molecule has 0 aliphatic rings. The topological polar surface area (TPSA) is 91.9 Å². The smallest absolute Gasteiger partial charge is 0.264 e. The predicted octanol–water partition coefficient (Wildman–Crippen LogP) is 4.01. The zero-order chi connectivity index (χ0) is 22.0. The van der Waals surface area contributed by atoms with Crippen molar-refractivity contribution in [1.82, 2.24) is 14.7 Å². The van der Waals surface area contributed by atoms with Crippen LogP contribution in [0.25, 0.3) is 10.8 Å². The van der Waals surface area contributed by atoms with Crippen LogP contribution in [0, 0.1) is 13.8 Å². The van der Waals surface area contributed by atoms with Crippen LogP contribution in [0.2, 0.25) is 0 Å². The van der Waals surface area contributed by atoms with E-state index in [1.165, 1.54) is 12.1 Å². The molecule has 4 aromatic rings. The minimum Gasteiger partial charge on any atom is -0.348 e. The van der Waals surface area contributed by atoms with Crippen LogP contribution in [-0.2, 0) is 21.2 Å². The van der Waals surface area contributed by atoms with Gasteiger partial charge in [0.2, 0.25) is 5.91 Å². The number of rotatable bonds is 6. The van der Waals surface area contributed by atoms with Crippen LogP contribution >= 0.6 is 0 Å². The lowest BCUT2D eigenvalue weighted by Gasteiger charge is -2.18. The summed E-state index contributed by atoms with van der Waals surface area (Å²) in [7, 11) is -3.99. The number of sulfonamides is 1. The molecular weight excluding hydrogens is 410 g/mol. The fraction of sp³-hybridized carbons (Fsp3) is 0.167. The van der Waals surface area contributed by atoms with Gasteiger partial charge in [-0.3, -0.25) is 4.79 Å². The van der Waals surface area contributed by atoms with Gasteiger partial charge in [-0.15, -0.1) is 0 Å². The van der Waals surface area contributed by atoms with Gasteiger partial charge < -0.3 is 4.98 Å². The molecule has 0 saturated carbocycles. The van der Waals surface area contributed by atoms with Gasteiger partial charge >= 0.3 is 0 Å². The second kappa shape index (κ2) is 8.35. The third-order valence-electron chi connectivity index (χ3n) is 5.39. The number of imidazole rings is 1. The first-order chi connectivity index (χ1) is 14.8. The Kier molecular flexibility index (Phi) is 5.61. The highest BCUT2D eigenvalue weighted by atomic mass is 32.2. The largest absolute Gasteiger partial charge is 0.348 e. The number of hydrogen-bond acceptors (Lipinski definition) is 4. The average molecular weight is 434 g/mol. The highest BCUT2D eigenvalue weighted by Gasteiger charge is 2.27. The Morgan fingerprint density at radius 1 is 1.00 bits per heavy atom. The molecule has 4 rings (SSSR count). The van der Waals surface area contributed by atoms with Gasteiger partial charge in [0.05, 0.1) is 22.8 Å². The molecule has 1 amide bonds. The number of aromatic nitrogens is 2. The molecule has 0 bridgehead atoms. The number of nitrogens with one attached hydrogen (secondary N) is 2. The number of nitrogens with zero attached hydrogens (tertiary/aromatic N) is 1. The molecule has 31 heavy (non-hydrogen) atoms. The van der Waals surface area contributed by atoms with Crippen LogP contribution in [0.1, 0.15) is 28.4 Å². The van der Waals surface area contributed by atoms with Gasteiger partial charge in [-0.1, -0.05) is 60.2 Å². The van der Waals surface area contributed by atoms with Crippen LogP contribution < -0.4 is 4.72 Å². The maximum absolute atomic E-state index is 13.2. The second-order valence-corrected chi connectivity index (χ2v) is 9.30. The summed E-state index contributed by atoms with van der Waals surface area (Å²) in [6, 6.07) is 20.0. The zero-order valence-corrected chi connectivity index (χ0v) is 18.1. The summed E-state index contributed by atoms with van der Waals surface area (Å²) in [6.45, 7) is 3.75. The quantitative estimate of drug-likeness (QED) is 0.481. The SMILES string of the molecule is Cc1ccc(S(=O)(=O)NC(=O)C(Cc2nc[nH]c2C)c2ccc3ccccc3c2)cc1. The molecule has 6 nitrogen and oxygen atoms in total. The first-order valence-electron chi connectivity index (χ1n) is 9.94. The van der Waals surface area contributed by atoms with Crippen LogP contribution in [-0.4, -0.2) is 24.3 Å². The second-order valence-electron chi connectivity index (χ2n) is 7.62. The molecule has 2 N–H and O–H groups in total. The summed E-state index contributed by atoms with van der Waals surface area (Å²) < 4.78 is 27.9. The van der Waals surface area contributed by atoms with Crippen molar-refractivity contribution >= 4 is 26.7 Å². The van der Waals surface area contributed by atoms with E-state index in [-0.39, 0.29) is 11.3 Å². The molecule has 1 atom stereocenters. The van der Waals surface area contributed by atoms with Crippen molar-refractivity contribution < 1.29 is 13.2 Å². The molecule has 1 unspecified atom stereocenters. The van der Waals surface area contributed by atoms with Gasteiger partial charge in [0, 0.05) is 12.1 Å². The third kappa shape index (κ3) is 4.51. The molecule has 0 radical (unpaired) electrons. The fourth-order valence-corrected chi connectivity index (χ4v) is 4.57. The van der Waals surface area contributed by atoms with E-state index in [2.05, 4.69) is 14.7 Å². The van der Waals surface area contributed by atoms with Gasteiger partial charge in [0.1, 0.15) is 0 Å². The van der Waals surface area contributed by atoms with Crippen LogP contribution in [0.15, 0.2) is 78.0 Å². The van der Waals surface area contributed by atoms with Crippen LogP contribution in [0.4, 0.5) is 0 Å². The average Bonchev–Trinajstić information content (AvgIpc) is 3.16. The predicted molar refractivity (Wildman–Crippen MR) is 120 cm³/mol. The molecule has 0 spiro atoms. The molecule has 3 aromatic carbocycles. The molecule has 1 heterocycles. The Bertz CT molecular complexity index is 1340. The normalized spacial score (nSPS) is 12.6. The van der Waals surface area contributed by atoms with Gasteiger partial charge in [-0.25, -0.2) is 18.1 Å². The van der Waals surface area contributed by atoms with Crippen molar-refractivity contribution in [3.05, 3.63) is 95.6 Å². The third-order valence-corrected chi connectivity index (χ3v) is 6.75. The maximum atomic E-state index is 13.2. The van der Waals surface area contributed by atoms with E-state index in [1.54, 1.807) is 18.5 Å². The van der Waals surface area contributed by atoms with Gasteiger partial charge in [0.15, 0.2) is 0 Å². The summed E-state index contributed by atoms with van der Waals surface area (Å²) in [5, 5.41) is 2.03. The number of benzene rings is 3. The number of amides is 1. The van der Waals surface area contributed by atoms with Crippen molar-refractivity contribution in [2.24, 2.45) is 0 Å².